The highest BCUT2D eigenvalue weighted by molar-refractivity contribution is 8.01. The molecule has 5 rings (SSSR count). The molecule has 0 aromatic heterocycles. The predicted octanol–water partition coefficient (Wildman–Crippen LogP) is 5.79. The molecule has 42 heavy (non-hydrogen) atoms. The Morgan fingerprint density at radius 1 is 0.929 bits per heavy atom. The summed E-state index contributed by atoms with van der Waals surface area (Å²) in [4.78, 5) is 43.5. The lowest BCUT2D eigenvalue weighted by atomic mass is 10.0. The van der Waals surface area contributed by atoms with Crippen LogP contribution in [0.15, 0.2) is 60.7 Å². The molecule has 0 saturated carbocycles. The minimum atomic E-state index is -0.638. The smallest absolute Gasteiger partial charge is 0.239 e. The number of fused-ring (bicyclic) bond motifs is 1. The molecule has 2 atom stereocenters. The normalized spacial score (nSPS) is 19.3. The molecule has 3 aromatic carbocycles. The second-order valence-electron chi connectivity index (χ2n) is 10.8. The summed E-state index contributed by atoms with van der Waals surface area (Å²) >= 11 is 14.0. The summed E-state index contributed by atoms with van der Waals surface area (Å²) in [6.45, 7) is 4.01. The Bertz CT molecular complexity index is 1430. The van der Waals surface area contributed by atoms with Crippen molar-refractivity contribution in [1.82, 2.24) is 20.4 Å². The van der Waals surface area contributed by atoms with Gasteiger partial charge in [-0.1, -0.05) is 78.2 Å². The summed E-state index contributed by atoms with van der Waals surface area (Å²) in [5, 5.41) is 7.90. The molecule has 0 spiro atoms. The first-order valence-corrected chi connectivity index (χ1v) is 16.2. The van der Waals surface area contributed by atoms with E-state index >= 15 is 0 Å². The average molecular weight is 628 g/mol. The molecular weight excluding hydrogens is 591 g/mol. The van der Waals surface area contributed by atoms with Crippen LogP contribution in [-0.4, -0.2) is 65.5 Å². The number of carbonyl (C=O) groups excluding carboxylic acids is 3. The molecule has 222 valence electrons. The van der Waals surface area contributed by atoms with E-state index in [4.69, 9.17) is 23.2 Å². The number of piperidine rings is 1. The van der Waals surface area contributed by atoms with Crippen LogP contribution in [0.25, 0.3) is 10.8 Å². The van der Waals surface area contributed by atoms with Crippen molar-refractivity contribution in [2.75, 3.05) is 32.7 Å². The number of hydrogen-bond donors (Lipinski definition) is 2. The van der Waals surface area contributed by atoms with E-state index < -0.39 is 10.6 Å². The standard InChI is InChI=1S/C32H36Cl2N4O3S/c33-24-12-13-26(27(34)18-24)32-38(21-30(40)35-14-7-17-37-15-4-1-5-16-37)31(41)28(42-32)19-29(39)36-20-23-10-6-9-22-8-2-3-11-25(22)23/h2-3,6,8-13,18,28,32H,1,4-5,7,14-17,19-21H2,(H,35,40)(H,36,39)/t28-,32-/m1/s1. The van der Waals surface area contributed by atoms with Gasteiger partial charge in [-0.25, -0.2) is 0 Å². The number of hydrogen-bond acceptors (Lipinski definition) is 5. The first kappa shape index (κ1) is 30.7. The summed E-state index contributed by atoms with van der Waals surface area (Å²) in [6.07, 6.45) is 4.63. The van der Waals surface area contributed by atoms with Gasteiger partial charge in [0.2, 0.25) is 17.7 Å². The number of amides is 3. The SMILES string of the molecule is O=C(C[C@H]1S[C@H](c2ccc(Cl)cc2Cl)N(CC(=O)NCCCN2CCCCC2)C1=O)NCc1cccc2ccccc12. The molecule has 0 aliphatic carbocycles. The van der Waals surface area contributed by atoms with E-state index in [9.17, 15) is 14.4 Å². The molecule has 0 bridgehead atoms. The van der Waals surface area contributed by atoms with Crippen LogP contribution in [0.1, 0.15) is 48.6 Å². The van der Waals surface area contributed by atoms with E-state index in [0.29, 0.717) is 28.7 Å². The Morgan fingerprint density at radius 3 is 2.52 bits per heavy atom. The molecule has 2 heterocycles. The number of halogens is 2. The lowest BCUT2D eigenvalue weighted by Gasteiger charge is -2.26. The van der Waals surface area contributed by atoms with Gasteiger partial charge in [-0.05, 0) is 67.4 Å². The molecule has 2 aliphatic rings. The van der Waals surface area contributed by atoms with Crippen molar-refractivity contribution < 1.29 is 14.4 Å². The summed E-state index contributed by atoms with van der Waals surface area (Å²) < 4.78 is 0. The van der Waals surface area contributed by atoms with Gasteiger partial charge >= 0.3 is 0 Å². The van der Waals surface area contributed by atoms with Crippen molar-refractivity contribution >= 4 is 63.5 Å². The highest BCUT2D eigenvalue weighted by atomic mass is 35.5. The van der Waals surface area contributed by atoms with Gasteiger partial charge in [-0.15, -0.1) is 11.8 Å². The van der Waals surface area contributed by atoms with Crippen LogP contribution in [0.4, 0.5) is 0 Å². The van der Waals surface area contributed by atoms with E-state index in [0.717, 1.165) is 42.4 Å². The molecule has 2 fully saturated rings. The fourth-order valence-corrected chi connectivity index (χ4v) is 7.70. The Balaban J connectivity index is 1.21. The average Bonchev–Trinajstić information content (AvgIpc) is 3.28. The van der Waals surface area contributed by atoms with Crippen LogP contribution < -0.4 is 10.6 Å². The first-order chi connectivity index (χ1) is 20.4. The largest absolute Gasteiger partial charge is 0.355 e. The van der Waals surface area contributed by atoms with Crippen molar-refractivity contribution in [3.63, 3.8) is 0 Å². The monoisotopic (exact) mass is 626 g/mol. The summed E-state index contributed by atoms with van der Waals surface area (Å²) in [7, 11) is 0. The predicted molar refractivity (Wildman–Crippen MR) is 171 cm³/mol. The Morgan fingerprint density at radius 2 is 1.71 bits per heavy atom. The molecule has 2 N–H and O–H groups in total. The van der Waals surface area contributed by atoms with Crippen molar-refractivity contribution in [2.45, 2.75) is 49.3 Å². The Labute approximate surface area is 261 Å². The first-order valence-electron chi connectivity index (χ1n) is 14.5. The van der Waals surface area contributed by atoms with E-state index in [1.54, 1.807) is 18.2 Å². The van der Waals surface area contributed by atoms with Crippen LogP contribution in [0.3, 0.4) is 0 Å². The number of thioether (sulfide) groups is 1. The number of nitrogens with zero attached hydrogens (tertiary/aromatic N) is 2. The number of nitrogens with one attached hydrogen (secondary N) is 2. The lowest BCUT2D eigenvalue weighted by molar-refractivity contribution is -0.136. The molecule has 0 radical (unpaired) electrons. The number of benzene rings is 3. The molecule has 3 aromatic rings. The Hall–Kier alpha value is -2.78. The quantitative estimate of drug-likeness (QED) is 0.263. The summed E-state index contributed by atoms with van der Waals surface area (Å²) in [6, 6.07) is 19.2. The van der Waals surface area contributed by atoms with Gasteiger partial charge in [0.05, 0.1) is 5.25 Å². The zero-order valence-electron chi connectivity index (χ0n) is 23.5. The molecule has 10 heteroatoms. The fourth-order valence-electron chi connectivity index (χ4n) is 5.63. The molecule has 2 aliphatic heterocycles. The maximum Gasteiger partial charge on any atom is 0.239 e. The van der Waals surface area contributed by atoms with Gasteiger partial charge in [0, 0.05) is 35.1 Å². The van der Waals surface area contributed by atoms with Crippen LogP contribution in [0.5, 0.6) is 0 Å². The van der Waals surface area contributed by atoms with Crippen LogP contribution in [0, 0.1) is 0 Å². The van der Waals surface area contributed by atoms with Gasteiger partial charge in [0.1, 0.15) is 11.9 Å². The molecule has 0 unspecified atom stereocenters. The van der Waals surface area contributed by atoms with Gasteiger partial charge in [-0.2, -0.15) is 0 Å². The third-order valence-corrected chi connectivity index (χ3v) is 9.85. The van der Waals surface area contributed by atoms with Crippen molar-refractivity contribution in [3.8, 4) is 0 Å². The molecule has 7 nitrogen and oxygen atoms in total. The van der Waals surface area contributed by atoms with Gasteiger partial charge in [0.25, 0.3) is 0 Å². The minimum Gasteiger partial charge on any atom is -0.355 e. The summed E-state index contributed by atoms with van der Waals surface area (Å²) in [5.41, 5.74) is 1.70. The maximum absolute atomic E-state index is 13.6. The maximum atomic E-state index is 13.6. The van der Waals surface area contributed by atoms with Crippen molar-refractivity contribution in [2.24, 2.45) is 0 Å². The van der Waals surface area contributed by atoms with Crippen molar-refractivity contribution in [1.29, 1.82) is 0 Å². The zero-order valence-corrected chi connectivity index (χ0v) is 25.8. The van der Waals surface area contributed by atoms with E-state index in [1.807, 2.05) is 42.5 Å². The van der Waals surface area contributed by atoms with E-state index in [-0.39, 0.29) is 30.7 Å². The van der Waals surface area contributed by atoms with Crippen LogP contribution >= 0.6 is 35.0 Å². The van der Waals surface area contributed by atoms with Crippen LogP contribution in [-0.2, 0) is 20.9 Å². The topological polar surface area (TPSA) is 81.8 Å². The second-order valence-corrected chi connectivity index (χ2v) is 13.0. The Kier molecular flexibility index (Phi) is 10.7. The number of carbonyl (C=O) groups is 3. The lowest BCUT2D eigenvalue weighted by Crippen LogP contribution is -2.42. The van der Waals surface area contributed by atoms with Gasteiger partial charge in [0.15, 0.2) is 0 Å². The number of likely N-dealkylation sites (tertiary alicyclic amines) is 1. The summed E-state index contributed by atoms with van der Waals surface area (Å²) in [5.74, 6) is -0.697. The highest BCUT2D eigenvalue weighted by Gasteiger charge is 2.43. The highest BCUT2D eigenvalue weighted by Crippen LogP contribution is 2.46. The zero-order chi connectivity index (χ0) is 29.5. The third-order valence-electron chi connectivity index (χ3n) is 7.83. The van der Waals surface area contributed by atoms with Crippen molar-refractivity contribution in [3.05, 3.63) is 81.8 Å². The van der Waals surface area contributed by atoms with Crippen LogP contribution in [0.2, 0.25) is 10.0 Å². The molecule has 2 saturated heterocycles. The van der Waals surface area contributed by atoms with E-state index in [1.165, 1.54) is 35.9 Å². The van der Waals surface area contributed by atoms with Gasteiger partial charge in [-0.3, -0.25) is 14.4 Å². The van der Waals surface area contributed by atoms with E-state index in [2.05, 4.69) is 15.5 Å². The molecule has 3 amide bonds. The molecular formula is C32H36Cl2N4O3S. The minimum absolute atomic E-state index is 0.00390. The van der Waals surface area contributed by atoms with Gasteiger partial charge < -0.3 is 20.4 Å². The fraction of sp³-hybridized carbons (Fsp3) is 0.406. The second kappa shape index (κ2) is 14.6. The third kappa shape index (κ3) is 7.78. The number of rotatable bonds is 11.